The van der Waals surface area contributed by atoms with Crippen molar-refractivity contribution in [2.45, 2.75) is 25.8 Å². The van der Waals surface area contributed by atoms with E-state index in [2.05, 4.69) is 15.1 Å². The molecule has 0 aliphatic carbocycles. The van der Waals surface area contributed by atoms with Crippen molar-refractivity contribution < 1.29 is 5.11 Å². The number of nitrogens with zero attached hydrogens (tertiary/aromatic N) is 4. The fourth-order valence-corrected chi connectivity index (χ4v) is 2.36. The summed E-state index contributed by atoms with van der Waals surface area (Å²) in [6, 6.07) is 0. The normalized spacial score (nSPS) is 22.5. The Morgan fingerprint density at radius 2 is 2.44 bits per heavy atom. The van der Waals surface area contributed by atoms with Crippen molar-refractivity contribution in [1.82, 2.24) is 19.7 Å². The van der Waals surface area contributed by atoms with Crippen LogP contribution in [0.25, 0.3) is 0 Å². The van der Waals surface area contributed by atoms with E-state index in [4.69, 9.17) is 5.11 Å². The molecule has 1 aromatic heterocycles. The molecule has 0 radical (unpaired) electrons. The van der Waals surface area contributed by atoms with Gasteiger partial charge in [-0.15, -0.1) is 10.2 Å². The van der Waals surface area contributed by atoms with Crippen LogP contribution in [0.5, 0.6) is 0 Å². The van der Waals surface area contributed by atoms with Crippen LogP contribution in [0, 0.1) is 5.92 Å². The predicted molar refractivity (Wildman–Crippen MR) is 60.7 cm³/mol. The SMILES string of the molecule is Cn1cnnc1CN1CCCC(CCO)C1. The monoisotopic (exact) mass is 224 g/mol. The Morgan fingerprint density at radius 3 is 3.12 bits per heavy atom. The minimum atomic E-state index is 0.308. The molecule has 5 heteroatoms. The van der Waals surface area contributed by atoms with Crippen LogP contribution in [0.2, 0.25) is 0 Å². The van der Waals surface area contributed by atoms with Crippen molar-refractivity contribution in [3.8, 4) is 0 Å². The molecule has 1 aliphatic rings. The van der Waals surface area contributed by atoms with Crippen LogP contribution >= 0.6 is 0 Å². The molecule has 1 atom stereocenters. The van der Waals surface area contributed by atoms with Crippen LogP contribution in [-0.2, 0) is 13.6 Å². The van der Waals surface area contributed by atoms with E-state index in [0.29, 0.717) is 12.5 Å². The van der Waals surface area contributed by atoms with Gasteiger partial charge in [-0.1, -0.05) is 0 Å². The Bertz CT molecular complexity index is 324. The molecule has 5 nitrogen and oxygen atoms in total. The summed E-state index contributed by atoms with van der Waals surface area (Å²) in [6.07, 6.45) is 5.14. The lowest BCUT2D eigenvalue weighted by Crippen LogP contribution is -2.35. The Balaban J connectivity index is 1.88. The molecular formula is C11H20N4O. The zero-order valence-electron chi connectivity index (χ0n) is 9.84. The summed E-state index contributed by atoms with van der Waals surface area (Å²) in [6.45, 7) is 3.39. The molecule has 2 heterocycles. The lowest BCUT2D eigenvalue weighted by atomic mass is 9.95. The summed E-state index contributed by atoms with van der Waals surface area (Å²) in [4.78, 5) is 2.41. The van der Waals surface area contributed by atoms with E-state index < -0.39 is 0 Å². The molecule has 1 unspecified atom stereocenters. The highest BCUT2D eigenvalue weighted by Crippen LogP contribution is 2.20. The molecule has 0 amide bonds. The minimum absolute atomic E-state index is 0.308. The smallest absolute Gasteiger partial charge is 0.146 e. The Morgan fingerprint density at radius 1 is 1.56 bits per heavy atom. The van der Waals surface area contributed by atoms with E-state index >= 15 is 0 Å². The number of aliphatic hydroxyl groups excluding tert-OH is 1. The number of likely N-dealkylation sites (tertiary alicyclic amines) is 1. The van der Waals surface area contributed by atoms with Gasteiger partial charge in [0.1, 0.15) is 12.2 Å². The largest absolute Gasteiger partial charge is 0.396 e. The van der Waals surface area contributed by atoms with Gasteiger partial charge in [-0.05, 0) is 31.7 Å². The van der Waals surface area contributed by atoms with Gasteiger partial charge in [-0.25, -0.2) is 0 Å². The van der Waals surface area contributed by atoms with Crippen LogP contribution < -0.4 is 0 Å². The standard InChI is InChI=1S/C11H20N4O/c1-14-9-12-13-11(14)8-15-5-2-3-10(7-15)4-6-16/h9-10,16H,2-8H2,1H3. The summed E-state index contributed by atoms with van der Waals surface area (Å²) < 4.78 is 1.97. The summed E-state index contributed by atoms with van der Waals surface area (Å²) in [5.74, 6) is 1.66. The number of aliphatic hydroxyl groups is 1. The van der Waals surface area contributed by atoms with Crippen LogP contribution in [0.4, 0.5) is 0 Å². The molecule has 1 N–H and O–H groups in total. The maximum Gasteiger partial charge on any atom is 0.146 e. The van der Waals surface area contributed by atoms with Crippen molar-refractivity contribution in [3.05, 3.63) is 12.2 Å². The highest BCUT2D eigenvalue weighted by molar-refractivity contribution is 4.86. The van der Waals surface area contributed by atoms with E-state index in [-0.39, 0.29) is 0 Å². The molecule has 16 heavy (non-hydrogen) atoms. The average Bonchev–Trinajstić information content (AvgIpc) is 2.66. The van der Waals surface area contributed by atoms with E-state index in [1.165, 1.54) is 12.8 Å². The van der Waals surface area contributed by atoms with Crippen molar-refractivity contribution in [1.29, 1.82) is 0 Å². The van der Waals surface area contributed by atoms with E-state index in [1.807, 2.05) is 11.6 Å². The fourth-order valence-electron chi connectivity index (χ4n) is 2.36. The zero-order chi connectivity index (χ0) is 11.4. The van der Waals surface area contributed by atoms with E-state index in [1.54, 1.807) is 6.33 Å². The number of aryl methyl sites for hydroxylation is 1. The molecule has 0 aromatic carbocycles. The highest BCUT2D eigenvalue weighted by Gasteiger charge is 2.20. The molecule has 0 bridgehead atoms. The fraction of sp³-hybridized carbons (Fsp3) is 0.818. The number of piperidine rings is 1. The van der Waals surface area contributed by atoms with Gasteiger partial charge in [0.2, 0.25) is 0 Å². The number of hydrogen-bond donors (Lipinski definition) is 1. The molecular weight excluding hydrogens is 204 g/mol. The summed E-state index contributed by atoms with van der Waals surface area (Å²) in [7, 11) is 1.98. The zero-order valence-corrected chi connectivity index (χ0v) is 9.84. The third-order valence-electron chi connectivity index (χ3n) is 3.31. The first-order valence-electron chi connectivity index (χ1n) is 5.95. The van der Waals surface area contributed by atoms with Gasteiger partial charge in [0.25, 0.3) is 0 Å². The number of rotatable bonds is 4. The predicted octanol–water partition coefficient (Wildman–Crippen LogP) is 0.409. The second-order valence-electron chi connectivity index (χ2n) is 4.61. The molecule has 0 spiro atoms. The summed E-state index contributed by atoms with van der Waals surface area (Å²) >= 11 is 0. The summed E-state index contributed by atoms with van der Waals surface area (Å²) in [5.41, 5.74) is 0. The van der Waals surface area contributed by atoms with E-state index in [0.717, 1.165) is 31.9 Å². The van der Waals surface area contributed by atoms with E-state index in [9.17, 15) is 0 Å². The third kappa shape index (κ3) is 2.80. The van der Waals surface area contributed by atoms with Crippen LogP contribution in [0.15, 0.2) is 6.33 Å². The van der Waals surface area contributed by atoms with Gasteiger partial charge in [0.05, 0.1) is 6.54 Å². The van der Waals surface area contributed by atoms with Gasteiger partial charge >= 0.3 is 0 Å². The van der Waals surface area contributed by atoms with Crippen LogP contribution in [0.1, 0.15) is 25.1 Å². The molecule has 1 aliphatic heterocycles. The Kier molecular flexibility index (Phi) is 3.90. The van der Waals surface area contributed by atoms with Crippen molar-refractivity contribution in [3.63, 3.8) is 0 Å². The molecule has 1 saturated heterocycles. The van der Waals surface area contributed by atoms with Gasteiger partial charge in [-0.2, -0.15) is 0 Å². The van der Waals surface area contributed by atoms with Gasteiger partial charge in [-0.3, -0.25) is 4.90 Å². The Hall–Kier alpha value is -0.940. The molecule has 1 fully saturated rings. The van der Waals surface area contributed by atoms with Crippen molar-refractivity contribution >= 4 is 0 Å². The highest BCUT2D eigenvalue weighted by atomic mass is 16.3. The summed E-state index contributed by atoms with van der Waals surface area (Å²) in [5, 5.41) is 17.0. The van der Waals surface area contributed by atoms with Crippen LogP contribution in [-0.4, -0.2) is 44.5 Å². The van der Waals surface area contributed by atoms with Gasteiger partial charge in [0.15, 0.2) is 0 Å². The van der Waals surface area contributed by atoms with Gasteiger partial charge in [0, 0.05) is 20.2 Å². The maximum atomic E-state index is 8.96. The van der Waals surface area contributed by atoms with Crippen molar-refractivity contribution in [2.24, 2.45) is 13.0 Å². The van der Waals surface area contributed by atoms with Crippen LogP contribution in [0.3, 0.4) is 0 Å². The molecule has 1 aromatic rings. The first-order chi connectivity index (χ1) is 7.79. The second-order valence-corrected chi connectivity index (χ2v) is 4.61. The lowest BCUT2D eigenvalue weighted by Gasteiger charge is -2.31. The minimum Gasteiger partial charge on any atom is -0.396 e. The molecule has 2 rings (SSSR count). The first kappa shape index (κ1) is 11.5. The molecule has 0 saturated carbocycles. The number of hydrogen-bond acceptors (Lipinski definition) is 4. The topological polar surface area (TPSA) is 54.2 Å². The Labute approximate surface area is 96.1 Å². The molecule has 90 valence electrons. The average molecular weight is 224 g/mol. The van der Waals surface area contributed by atoms with Gasteiger partial charge < -0.3 is 9.67 Å². The van der Waals surface area contributed by atoms with Crippen molar-refractivity contribution in [2.75, 3.05) is 19.7 Å². The maximum absolute atomic E-state index is 8.96. The number of aromatic nitrogens is 3. The first-order valence-corrected chi connectivity index (χ1v) is 5.95. The second kappa shape index (κ2) is 5.41. The lowest BCUT2D eigenvalue weighted by molar-refractivity contribution is 0.139. The third-order valence-corrected chi connectivity index (χ3v) is 3.31. The quantitative estimate of drug-likeness (QED) is 0.805.